The summed E-state index contributed by atoms with van der Waals surface area (Å²) >= 11 is 0. The van der Waals surface area contributed by atoms with E-state index in [-0.39, 0.29) is 23.8 Å². The average Bonchev–Trinajstić information content (AvgIpc) is 3.32. The topological polar surface area (TPSA) is 74.4 Å². The molecule has 178 valence electrons. The predicted molar refractivity (Wildman–Crippen MR) is 137 cm³/mol. The Hall–Kier alpha value is -4.06. The van der Waals surface area contributed by atoms with Gasteiger partial charge in [0.05, 0.1) is 19.1 Å². The molecule has 1 aromatic heterocycles. The zero-order valence-corrected chi connectivity index (χ0v) is 19.7. The van der Waals surface area contributed by atoms with E-state index >= 15 is 0 Å². The molecule has 1 aliphatic rings. The fraction of sp³-hybridized carbons (Fsp3) is 0.241. The lowest BCUT2D eigenvalue weighted by molar-refractivity contribution is -0.129. The molecule has 6 nitrogen and oxygen atoms in total. The minimum absolute atomic E-state index is 0.0202. The Kier molecular flexibility index (Phi) is 6.53. The van der Waals surface area contributed by atoms with Crippen LogP contribution in [0.25, 0.3) is 10.9 Å². The lowest BCUT2D eigenvalue weighted by Gasteiger charge is -2.41. The van der Waals surface area contributed by atoms with E-state index in [0.29, 0.717) is 19.4 Å². The van der Waals surface area contributed by atoms with Crippen LogP contribution >= 0.6 is 0 Å². The summed E-state index contributed by atoms with van der Waals surface area (Å²) in [6.07, 6.45) is 3.59. The third-order valence-electron chi connectivity index (χ3n) is 6.79. The van der Waals surface area contributed by atoms with E-state index < -0.39 is 0 Å². The Morgan fingerprint density at radius 1 is 1.03 bits per heavy atom. The zero-order valence-electron chi connectivity index (χ0n) is 19.7. The number of aromatic nitrogens is 1. The summed E-state index contributed by atoms with van der Waals surface area (Å²) in [5.41, 5.74) is 3.99. The number of hydrogen-bond acceptors (Lipinski definition) is 3. The highest BCUT2D eigenvalue weighted by atomic mass is 16.5. The number of ether oxygens (including phenoxy) is 1. The molecule has 1 fully saturated rings. The van der Waals surface area contributed by atoms with Gasteiger partial charge in [-0.3, -0.25) is 9.59 Å². The van der Waals surface area contributed by atoms with Gasteiger partial charge in [-0.2, -0.15) is 0 Å². The van der Waals surface area contributed by atoms with Crippen LogP contribution in [0.3, 0.4) is 0 Å². The molecule has 0 aliphatic carbocycles. The molecule has 2 heterocycles. The van der Waals surface area contributed by atoms with Crippen molar-refractivity contribution in [3.8, 4) is 5.75 Å². The summed E-state index contributed by atoms with van der Waals surface area (Å²) in [5, 5.41) is 4.33. The third kappa shape index (κ3) is 4.64. The van der Waals surface area contributed by atoms with Crippen LogP contribution in [0.5, 0.6) is 5.75 Å². The number of rotatable bonds is 7. The number of aromatic amines is 1. The van der Waals surface area contributed by atoms with E-state index in [2.05, 4.69) is 22.4 Å². The molecular formula is C29H29N3O3. The first kappa shape index (κ1) is 22.7. The lowest BCUT2D eigenvalue weighted by atomic mass is 9.83. The van der Waals surface area contributed by atoms with Gasteiger partial charge in [0.15, 0.2) is 0 Å². The van der Waals surface area contributed by atoms with Crippen molar-refractivity contribution in [1.29, 1.82) is 0 Å². The number of nitrogens with zero attached hydrogens (tertiary/aromatic N) is 1. The van der Waals surface area contributed by atoms with Crippen molar-refractivity contribution >= 4 is 28.4 Å². The maximum atomic E-state index is 13.5. The van der Waals surface area contributed by atoms with E-state index in [9.17, 15) is 9.59 Å². The SMILES string of the molecule is COc1ccc(N2C(=O)CC[C@@H](C(=O)NCCc3c[nH]c4ccccc34)[C@H]2c2ccccc2)cc1. The Morgan fingerprint density at radius 3 is 2.54 bits per heavy atom. The van der Waals surface area contributed by atoms with E-state index in [1.807, 2.05) is 72.9 Å². The largest absolute Gasteiger partial charge is 0.497 e. The molecule has 5 rings (SSSR count). The van der Waals surface area contributed by atoms with Gasteiger partial charge in [0.25, 0.3) is 0 Å². The molecule has 2 N–H and O–H groups in total. The summed E-state index contributed by atoms with van der Waals surface area (Å²) in [6.45, 7) is 0.537. The first-order chi connectivity index (χ1) is 17.2. The number of fused-ring (bicyclic) bond motifs is 1. The highest BCUT2D eigenvalue weighted by Gasteiger charge is 2.41. The van der Waals surface area contributed by atoms with Crippen molar-refractivity contribution in [3.63, 3.8) is 0 Å². The lowest BCUT2D eigenvalue weighted by Crippen LogP contribution is -2.48. The number of para-hydroxylation sites is 1. The van der Waals surface area contributed by atoms with Gasteiger partial charge in [0, 0.05) is 35.8 Å². The standard InChI is InChI=1S/C29H29N3O3/c1-35-23-13-11-22(12-14-23)32-27(33)16-15-25(28(32)20-7-3-2-4-8-20)29(34)30-18-17-21-19-31-26-10-6-5-9-24(21)26/h2-14,19,25,28,31H,15-18H2,1H3,(H,30,34)/t25-,28-/m1/s1. The minimum Gasteiger partial charge on any atom is -0.497 e. The number of piperidine rings is 1. The van der Waals surface area contributed by atoms with Gasteiger partial charge in [-0.25, -0.2) is 0 Å². The molecule has 6 heteroatoms. The zero-order chi connectivity index (χ0) is 24.2. The van der Waals surface area contributed by atoms with E-state index in [1.165, 1.54) is 10.9 Å². The van der Waals surface area contributed by atoms with Crippen LogP contribution in [-0.4, -0.2) is 30.5 Å². The molecule has 35 heavy (non-hydrogen) atoms. The molecule has 2 amide bonds. The number of H-pyrrole nitrogens is 1. The van der Waals surface area contributed by atoms with Gasteiger partial charge in [-0.05, 0) is 54.3 Å². The molecule has 0 bridgehead atoms. The van der Waals surface area contributed by atoms with Crippen molar-refractivity contribution in [3.05, 3.63) is 96.2 Å². The van der Waals surface area contributed by atoms with Gasteiger partial charge in [-0.15, -0.1) is 0 Å². The molecule has 0 saturated carbocycles. The number of anilines is 1. The minimum atomic E-state index is -0.376. The van der Waals surface area contributed by atoms with Gasteiger partial charge in [0.2, 0.25) is 11.8 Å². The van der Waals surface area contributed by atoms with Gasteiger partial charge >= 0.3 is 0 Å². The fourth-order valence-corrected chi connectivity index (χ4v) is 5.04. The van der Waals surface area contributed by atoms with Gasteiger partial charge in [0.1, 0.15) is 5.75 Å². The molecule has 0 radical (unpaired) electrons. The van der Waals surface area contributed by atoms with Crippen LogP contribution in [0.4, 0.5) is 5.69 Å². The summed E-state index contributed by atoms with van der Waals surface area (Å²) in [5.74, 6) is 0.373. The number of nitrogens with one attached hydrogen (secondary N) is 2. The third-order valence-corrected chi connectivity index (χ3v) is 6.79. The highest BCUT2D eigenvalue weighted by Crippen LogP contribution is 2.40. The van der Waals surface area contributed by atoms with E-state index in [0.717, 1.165) is 28.9 Å². The van der Waals surface area contributed by atoms with Crippen LogP contribution < -0.4 is 15.0 Å². The Morgan fingerprint density at radius 2 is 1.77 bits per heavy atom. The molecule has 1 aliphatic heterocycles. The van der Waals surface area contributed by atoms with Crippen molar-refractivity contribution in [2.75, 3.05) is 18.6 Å². The Bertz CT molecular complexity index is 1310. The first-order valence-electron chi connectivity index (χ1n) is 12.0. The molecule has 0 unspecified atom stereocenters. The Balaban J connectivity index is 1.37. The number of benzene rings is 3. The van der Waals surface area contributed by atoms with Gasteiger partial charge in [-0.1, -0.05) is 48.5 Å². The molecule has 1 saturated heterocycles. The number of amides is 2. The van der Waals surface area contributed by atoms with E-state index in [4.69, 9.17) is 4.74 Å². The van der Waals surface area contributed by atoms with Crippen molar-refractivity contribution in [1.82, 2.24) is 10.3 Å². The first-order valence-corrected chi connectivity index (χ1v) is 12.0. The van der Waals surface area contributed by atoms with Crippen LogP contribution in [0, 0.1) is 5.92 Å². The van der Waals surface area contributed by atoms with Crippen LogP contribution in [0.15, 0.2) is 85.1 Å². The monoisotopic (exact) mass is 467 g/mol. The summed E-state index contributed by atoms with van der Waals surface area (Å²) < 4.78 is 5.29. The van der Waals surface area contributed by atoms with E-state index in [1.54, 1.807) is 12.0 Å². The maximum Gasteiger partial charge on any atom is 0.227 e. The fourth-order valence-electron chi connectivity index (χ4n) is 5.04. The number of carbonyl (C=O) groups is 2. The summed E-state index contributed by atoms with van der Waals surface area (Å²) in [4.78, 5) is 31.7. The average molecular weight is 468 g/mol. The number of methoxy groups -OCH3 is 1. The number of hydrogen-bond donors (Lipinski definition) is 2. The molecule has 3 aromatic carbocycles. The summed E-state index contributed by atoms with van der Waals surface area (Å²) in [6, 6.07) is 25.1. The van der Waals surface area contributed by atoms with Crippen LogP contribution in [0.2, 0.25) is 0 Å². The second-order valence-electron chi connectivity index (χ2n) is 8.86. The maximum absolute atomic E-state index is 13.5. The van der Waals surface area contributed by atoms with Crippen molar-refractivity contribution < 1.29 is 14.3 Å². The van der Waals surface area contributed by atoms with Crippen LogP contribution in [0.1, 0.15) is 30.0 Å². The second kappa shape index (κ2) is 10.1. The molecule has 0 spiro atoms. The number of carbonyl (C=O) groups excluding carboxylic acids is 2. The molecule has 2 atom stereocenters. The Labute approximate surface area is 204 Å². The van der Waals surface area contributed by atoms with Gasteiger partial charge < -0.3 is 19.9 Å². The smallest absolute Gasteiger partial charge is 0.227 e. The molecule has 4 aromatic rings. The highest BCUT2D eigenvalue weighted by molar-refractivity contribution is 5.97. The van der Waals surface area contributed by atoms with Crippen molar-refractivity contribution in [2.45, 2.75) is 25.3 Å². The normalized spacial score (nSPS) is 18.0. The quantitative estimate of drug-likeness (QED) is 0.401. The van der Waals surface area contributed by atoms with Crippen LogP contribution in [-0.2, 0) is 16.0 Å². The van der Waals surface area contributed by atoms with Crippen molar-refractivity contribution in [2.24, 2.45) is 5.92 Å². The molecular weight excluding hydrogens is 438 g/mol. The predicted octanol–water partition coefficient (Wildman–Crippen LogP) is 5.02. The second-order valence-corrected chi connectivity index (χ2v) is 8.86. The summed E-state index contributed by atoms with van der Waals surface area (Å²) in [7, 11) is 1.62.